The topological polar surface area (TPSA) is 48.5 Å². The van der Waals surface area contributed by atoms with Gasteiger partial charge in [-0.2, -0.15) is 0 Å². The van der Waals surface area contributed by atoms with Gasteiger partial charge in [0.1, 0.15) is 5.82 Å². The Bertz CT molecular complexity index is 2800. The summed E-state index contributed by atoms with van der Waals surface area (Å²) in [5, 5.41) is 3.53. The van der Waals surface area contributed by atoms with Crippen molar-refractivity contribution in [3.63, 3.8) is 0 Å². The highest BCUT2D eigenvalue weighted by molar-refractivity contribution is 6.11. The highest BCUT2D eigenvalue weighted by Gasteiger charge is 2.19. The molecular formula is C45H29N5. The third-order valence-corrected chi connectivity index (χ3v) is 9.58. The molecule has 4 heterocycles. The van der Waals surface area contributed by atoms with Crippen LogP contribution in [0, 0.1) is 0 Å². The molecule has 0 aliphatic heterocycles. The number of nitrogens with zero attached hydrogens (tertiary/aromatic N) is 5. The molecule has 5 nitrogen and oxygen atoms in total. The second-order valence-corrected chi connectivity index (χ2v) is 12.5. The molecule has 0 fully saturated rings. The second-order valence-electron chi connectivity index (χ2n) is 12.5. The van der Waals surface area contributed by atoms with E-state index >= 15 is 0 Å². The molecule has 6 aromatic carbocycles. The standard InChI is InChI=1S/C45H29N5/c1-4-13-30(14-5-1)38-29-43(48-45(47-38)31-15-6-2-7-16-31)50-41-21-12-26-46-44(41)36-24-22-33(28-42(36)50)32-23-25-40-37(27-32)35-19-10-11-20-39(35)49(40)34-17-8-3-9-18-34/h1-29H. The molecule has 10 aromatic rings. The maximum Gasteiger partial charge on any atom is 0.162 e. The van der Waals surface area contributed by atoms with Crippen LogP contribution in [0.5, 0.6) is 0 Å². The predicted molar refractivity (Wildman–Crippen MR) is 205 cm³/mol. The summed E-state index contributed by atoms with van der Waals surface area (Å²) in [7, 11) is 0. The lowest BCUT2D eigenvalue weighted by Gasteiger charge is -2.12. The summed E-state index contributed by atoms with van der Waals surface area (Å²) < 4.78 is 4.59. The number of rotatable bonds is 5. The third-order valence-electron chi connectivity index (χ3n) is 9.58. The number of fused-ring (bicyclic) bond motifs is 6. The van der Waals surface area contributed by atoms with Gasteiger partial charge in [0.15, 0.2) is 5.82 Å². The molecule has 50 heavy (non-hydrogen) atoms. The van der Waals surface area contributed by atoms with E-state index in [1.807, 2.05) is 48.7 Å². The minimum Gasteiger partial charge on any atom is -0.309 e. The SMILES string of the molecule is c1ccc(-c2cc(-n3c4cc(-c5ccc6c(c5)c5ccccc5n6-c5ccccc5)ccc4c4ncccc43)nc(-c3ccccc3)n2)cc1. The molecule has 0 aliphatic rings. The van der Waals surface area contributed by atoms with Crippen LogP contribution in [0.1, 0.15) is 0 Å². The van der Waals surface area contributed by atoms with E-state index in [9.17, 15) is 0 Å². The van der Waals surface area contributed by atoms with Gasteiger partial charge in [-0.05, 0) is 65.7 Å². The van der Waals surface area contributed by atoms with Gasteiger partial charge < -0.3 is 4.57 Å². The first-order valence-electron chi connectivity index (χ1n) is 16.8. The summed E-state index contributed by atoms with van der Waals surface area (Å²) in [6, 6.07) is 59.4. The summed E-state index contributed by atoms with van der Waals surface area (Å²) in [5.74, 6) is 1.47. The maximum absolute atomic E-state index is 5.20. The van der Waals surface area contributed by atoms with Gasteiger partial charge in [-0.1, -0.05) is 109 Å². The van der Waals surface area contributed by atoms with Crippen LogP contribution < -0.4 is 0 Å². The number of para-hydroxylation sites is 2. The van der Waals surface area contributed by atoms with Crippen molar-refractivity contribution in [3.8, 4) is 45.3 Å². The first-order valence-corrected chi connectivity index (χ1v) is 16.8. The van der Waals surface area contributed by atoms with Crippen LogP contribution in [-0.4, -0.2) is 24.1 Å². The maximum atomic E-state index is 5.20. The number of pyridine rings is 1. The zero-order chi connectivity index (χ0) is 33.0. The molecule has 0 N–H and O–H groups in total. The van der Waals surface area contributed by atoms with Crippen molar-refractivity contribution < 1.29 is 0 Å². The van der Waals surface area contributed by atoms with E-state index in [1.165, 1.54) is 21.8 Å². The lowest BCUT2D eigenvalue weighted by molar-refractivity contribution is 1.05. The van der Waals surface area contributed by atoms with E-state index < -0.39 is 0 Å². The number of hydrogen-bond donors (Lipinski definition) is 0. The van der Waals surface area contributed by atoms with Gasteiger partial charge in [0.2, 0.25) is 0 Å². The largest absolute Gasteiger partial charge is 0.309 e. The molecule has 0 saturated heterocycles. The zero-order valence-electron chi connectivity index (χ0n) is 27.0. The first kappa shape index (κ1) is 28.2. The van der Waals surface area contributed by atoms with Crippen LogP contribution in [0.3, 0.4) is 0 Å². The van der Waals surface area contributed by atoms with E-state index in [0.717, 1.165) is 61.4 Å². The second kappa shape index (κ2) is 11.4. The van der Waals surface area contributed by atoms with Crippen LogP contribution in [0.15, 0.2) is 176 Å². The molecule has 0 bridgehead atoms. The Morgan fingerprint density at radius 1 is 0.380 bits per heavy atom. The van der Waals surface area contributed by atoms with Crippen LogP contribution >= 0.6 is 0 Å². The van der Waals surface area contributed by atoms with Crippen LogP contribution in [0.25, 0.3) is 89.0 Å². The Kier molecular flexibility index (Phi) is 6.42. The predicted octanol–water partition coefficient (Wildman–Crippen LogP) is 11.1. The molecule has 0 atom stereocenters. The minimum atomic E-state index is 0.678. The van der Waals surface area contributed by atoms with Crippen molar-refractivity contribution in [3.05, 3.63) is 176 Å². The quantitative estimate of drug-likeness (QED) is 0.188. The molecule has 10 rings (SSSR count). The van der Waals surface area contributed by atoms with Crippen LogP contribution in [-0.2, 0) is 0 Å². The normalized spacial score (nSPS) is 11.6. The van der Waals surface area contributed by atoms with Crippen molar-refractivity contribution in [2.45, 2.75) is 0 Å². The molecule has 0 aliphatic carbocycles. The summed E-state index contributed by atoms with van der Waals surface area (Å²) in [6.07, 6.45) is 1.86. The van der Waals surface area contributed by atoms with Gasteiger partial charge in [-0.15, -0.1) is 0 Å². The molecule has 0 amide bonds. The molecule has 0 unspecified atom stereocenters. The molecule has 0 spiro atoms. The molecule has 5 heteroatoms. The fraction of sp³-hybridized carbons (Fsp3) is 0. The van der Waals surface area contributed by atoms with Gasteiger partial charge >= 0.3 is 0 Å². The van der Waals surface area contributed by atoms with Crippen molar-refractivity contribution >= 4 is 43.7 Å². The summed E-state index contributed by atoms with van der Waals surface area (Å²) in [5.41, 5.74) is 11.7. The number of benzene rings is 6. The van der Waals surface area contributed by atoms with Crippen molar-refractivity contribution in [2.24, 2.45) is 0 Å². The van der Waals surface area contributed by atoms with Crippen LogP contribution in [0.4, 0.5) is 0 Å². The Morgan fingerprint density at radius 2 is 1.04 bits per heavy atom. The lowest BCUT2D eigenvalue weighted by atomic mass is 10.0. The Morgan fingerprint density at radius 3 is 1.86 bits per heavy atom. The van der Waals surface area contributed by atoms with E-state index in [1.54, 1.807) is 0 Å². The number of hydrogen-bond acceptors (Lipinski definition) is 3. The Hall–Kier alpha value is -6.85. The summed E-state index contributed by atoms with van der Waals surface area (Å²) >= 11 is 0. The smallest absolute Gasteiger partial charge is 0.162 e. The fourth-order valence-corrected chi connectivity index (χ4v) is 7.29. The van der Waals surface area contributed by atoms with Gasteiger partial charge in [0, 0.05) is 45.2 Å². The third kappa shape index (κ3) is 4.52. The average molecular weight is 640 g/mol. The van der Waals surface area contributed by atoms with E-state index in [0.29, 0.717) is 5.82 Å². The molecule has 234 valence electrons. The van der Waals surface area contributed by atoms with Crippen molar-refractivity contribution in [2.75, 3.05) is 0 Å². The molecular weight excluding hydrogens is 611 g/mol. The highest BCUT2D eigenvalue weighted by Crippen LogP contribution is 2.38. The fourth-order valence-electron chi connectivity index (χ4n) is 7.29. The van der Waals surface area contributed by atoms with E-state index in [-0.39, 0.29) is 0 Å². The molecule has 0 radical (unpaired) electrons. The van der Waals surface area contributed by atoms with E-state index in [4.69, 9.17) is 15.0 Å². The highest BCUT2D eigenvalue weighted by atomic mass is 15.1. The lowest BCUT2D eigenvalue weighted by Crippen LogP contribution is -2.02. The zero-order valence-corrected chi connectivity index (χ0v) is 27.0. The van der Waals surface area contributed by atoms with Crippen molar-refractivity contribution in [1.29, 1.82) is 0 Å². The van der Waals surface area contributed by atoms with Gasteiger partial charge in [0.25, 0.3) is 0 Å². The molecule has 4 aromatic heterocycles. The van der Waals surface area contributed by atoms with Crippen molar-refractivity contribution in [1.82, 2.24) is 24.1 Å². The number of aromatic nitrogens is 5. The summed E-state index contributed by atoms with van der Waals surface area (Å²) in [6.45, 7) is 0. The van der Waals surface area contributed by atoms with E-state index in [2.05, 4.69) is 137 Å². The Labute approximate surface area is 288 Å². The minimum absolute atomic E-state index is 0.678. The van der Waals surface area contributed by atoms with Gasteiger partial charge in [0.05, 0.1) is 33.3 Å². The van der Waals surface area contributed by atoms with Gasteiger partial charge in [-0.3, -0.25) is 9.55 Å². The summed E-state index contributed by atoms with van der Waals surface area (Å²) in [4.78, 5) is 15.1. The Balaban J connectivity index is 1.20. The first-order chi connectivity index (χ1) is 24.8. The van der Waals surface area contributed by atoms with Gasteiger partial charge in [-0.25, -0.2) is 9.97 Å². The molecule has 0 saturated carbocycles. The van der Waals surface area contributed by atoms with Crippen LogP contribution in [0.2, 0.25) is 0 Å². The average Bonchev–Trinajstić information content (AvgIpc) is 3.71. The monoisotopic (exact) mass is 639 g/mol.